The van der Waals surface area contributed by atoms with Crippen LogP contribution in [-0.2, 0) is 14.3 Å². The number of hydrogen-bond acceptors (Lipinski definition) is 6. The molecule has 1 atom stereocenters. The summed E-state index contributed by atoms with van der Waals surface area (Å²) in [6, 6.07) is 8.99. The summed E-state index contributed by atoms with van der Waals surface area (Å²) in [4.78, 5) is 31.0. The second-order valence-corrected chi connectivity index (χ2v) is 10.0. The van der Waals surface area contributed by atoms with Gasteiger partial charge in [-0.25, -0.2) is 13.8 Å². The Balaban J connectivity index is 1.46. The lowest BCUT2D eigenvalue weighted by atomic mass is 9.88. The Kier molecular flexibility index (Phi) is 5.77. The van der Waals surface area contributed by atoms with Crippen molar-refractivity contribution in [3.05, 3.63) is 65.3 Å². The highest BCUT2D eigenvalue weighted by Crippen LogP contribution is 2.44. The van der Waals surface area contributed by atoms with Gasteiger partial charge in [-0.1, -0.05) is 11.2 Å². The number of fused-ring (bicyclic) bond motifs is 1. The minimum atomic E-state index is -1.01. The number of anilines is 1. The summed E-state index contributed by atoms with van der Waals surface area (Å²) in [6.07, 6.45) is 1.80. The smallest absolute Gasteiger partial charge is 0.302 e. The number of halogens is 2. The van der Waals surface area contributed by atoms with E-state index in [1.165, 1.54) is 17.9 Å². The van der Waals surface area contributed by atoms with E-state index in [4.69, 9.17) is 14.2 Å². The number of rotatable bonds is 5. The zero-order chi connectivity index (χ0) is 26.7. The van der Waals surface area contributed by atoms with Gasteiger partial charge in [-0.2, -0.15) is 0 Å². The predicted octanol–water partition coefficient (Wildman–Crippen LogP) is 5.72. The quantitative estimate of drug-likeness (QED) is 0.313. The molecule has 0 spiro atoms. The maximum absolute atomic E-state index is 14.1. The van der Waals surface area contributed by atoms with Crippen molar-refractivity contribution in [3.8, 4) is 11.1 Å². The normalized spacial score (nSPS) is 21.2. The van der Waals surface area contributed by atoms with E-state index in [9.17, 15) is 18.4 Å². The number of hydrogen-bond donors (Lipinski definition) is 0. The summed E-state index contributed by atoms with van der Waals surface area (Å²) < 4.78 is 40.6. The Bertz CT molecular complexity index is 1570. The molecule has 2 aliphatic rings. The number of benzene rings is 2. The first-order valence-corrected chi connectivity index (χ1v) is 12.6. The Morgan fingerprint density at radius 3 is 2.58 bits per heavy atom. The topological polar surface area (TPSA) is 90.5 Å². The molecule has 1 saturated heterocycles. The summed E-state index contributed by atoms with van der Waals surface area (Å²) in [5, 5.41) is 4.06. The Morgan fingerprint density at radius 2 is 1.89 bits per heavy atom. The van der Waals surface area contributed by atoms with Crippen LogP contribution in [0.15, 0.2) is 40.9 Å². The summed E-state index contributed by atoms with van der Waals surface area (Å²) in [7, 11) is 0. The minimum absolute atomic E-state index is 0.00627. The van der Waals surface area contributed by atoms with E-state index in [1.807, 2.05) is 32.0 Å². The van der Waals surface area contributed by atoms with Crippen molar-refractivity contribution in [2.45, 2.75) is 64.6 Å². The highest BCUT2D eigenvalue weighted by Gasteiger charge is 2.41. The van der Waals surface area contributed by atoms with Crippen molar-refractivity contribution in [1.29, 1.82) is 0 Å². The van der Waals surface area contributed by atoms with Crippen LogP contribution in [0.25, 0.3) is 22.2 Å². The van der Waals surface area contributed by atoms with Gasteiger partial charge in [0.1, 0.15) is 17.7 Å². The molecular formula is C28H26F2N4O4. The molecule has 0 N–H and O–H groups in total. The molecular weight excluding hydrogens is 494 g/mol. The molecule has 1 saturated carbocycles. The van der Waals surface area contributed by atoms with Crippen LogP contribution in [0.5, 0.6) is 0 Å². The zero-order valence-corrected chi connectivity index (χ0v) is 21.2. The number of nitrogens with zero attached hydrogens (tertiary/aromatic N) is 4. The number of amides is 1. The van der Waals surface area contributed by atoms with E-state index >= 15 is 0 Å². The molecule has 38 heavy (non-hydrogen) atoms. The van der Waals surface area contributed by atoms with Gasteiger partial charge < -0.3 is 18.7 Å². The fraction of sp³-hybridized carbons (Fsp3) is 0.357. The molecule has 196 valence electrons. The summed E-state index contributed by atoms with van der Waals surface area (Å²) >= 11 is 0. The van der Waals surface area contributed by atoms with Gasteiger partial charge in [0.15, 0.2) is 11.6 Å². The van der Waals surface area contributed by atoms with Crippen LogP contribution in [0, 0.1) is 25.5 Å². The summed E-state index contributed by atoms with van der Waals surface area (Å²) in [5.41, 5.74) is 4.50. The summed E-state index contributed by atoms with van der Waals surface area (Å²) in [5.74, 6) is -1.11. The molecule has 0 bridgehead atoms. The van der Waals surface area contributed by atoms with Gasteiger partial charge in [-0.15, -0.1) is 0 Å². The maximum atomic E-state index is 14.1. The van der Waals surface area contributed by atoms with Gasteiger partial charge in [-0.05, 0) is 50.1 Å². The molecule has 2 fully saturated rings. The van der Waals surface area contributed by atoms with Crippen LogP contribution in [-0.4, -0.2) is 32.7 Å². The van der Waals surface area contributed by atoms with Gasteiger partial charge in [0.05, 0.1) is 22.8 Å². The lowest BCUT2D eigenvalue weighted by Crippen LogP contribution is -2.37. The van der Waals surface area contributed by atoms with Crippen LogP contribution < -0.4 is 4.90 Å². The van der Waals surface area contributed by atoms with Gasteiger partial charge in [0.2, 0.25) is 5.91 Å². The van der Waals surface area contributed by atoms with Crippen molar-refractivity contribution in [2.24, 2.45) is 0 Å². The highest BCUT2D eigenvalue weighted by atomic mass is 19.2. The lowest BCUT2D eigenvalue weighted by molar-refractivity contribution is -0.152. The second-order valence-electron chi connectivity index (χ2n) is 10.0. The second kappa shape index (κ2) is 9.04. The molecule has 0 radical (unpaired) electrons. The Morgan fingerprint density at radius 1 is 1.11 bits per heavy atom. The van der Waals surface area contributed by atoms with Crippen LogP contribution in [0.4, 0.5) is 14.5 Å². The van der Waals surface area contributed by atoms with E-state index in [1.54, 1.807) is 0 Å². The highest BCUT2D eigenvalue weighted by molar-refractivity contribution is 5.96. The number of carbonyl (C=O) groups is 2. The van der Waals surface area contributed by atoms with E-state index in [0.717, 1.165) is 40.0 Å². The lowest BCUT2D eigenvalue weighted by Gasteiger charge is -2.37. The molecule has 10 heteroatoms. The first-order chi connectivity index (χ1) is 18.2. The molecule has 3 heterocycles. The number of carbonyl (C=O) groups excluding carboxylic acids is 2. The third kappa shape index (κ3) is 3.95. The summed E-state index contributed by atoms with van der Waals surface area (Å²) in [6.45, 7) is 5.13. The molecule has 0 unspecified atom stereocenters. The van der Waals surface area contributed by atoms with E-state index in [0.29, 0.717) is 30.8 Å². The molecule has 4 aromatic rings. The van der Waals surface area contributed by atoms with Crippen LogP contribution in [0.2, 0.25) is 0 Å². The molecule has 8 nitrogen and oxygen atoms in total. The average Bonchev–Trinajstić information content (AvgIpc) is 3.51. The van der Waals surface area contributed by atoms with Crippen molar-refractivity contribution in [2.75, 3.05) is 4.90 Å². The van der Waals surface area contributed by atoms with E-state index in [2.05, 4.69) is 9.72 Å². The van der Waals surface area contributed by atoms with E-state index < -0.39 is 17.7 Å². The van der Waals surface area contributed by atoms with Crippen LogP contribution in [0.3, 0.4) is 0 Å². The number of ether oxygens (including phenoxy) is 1. The van der Waals surface area contributed by atoms with Crippen molar-refractivity contribution < 1.29 is 27.6 Å². The fourth-order valence-electron chi connectivity index (χ4n) is 5.75. The number of aromatic nitrogens is 3. The number of imidazole rings is 1. The minimum Gasteiger partial charge on any atom is -0.462 e. The van der Waals surface area contributed by atoms with Crippen molar-refractivity contribution in [1.82, 2.24) is 14.7 Å². The third-order valence-electron chi connectivity index (χ3n) is 7.50. The van der Waals surface area contributed by atoms with Crippen LogP contribution >= 0.6 is 0 Å². The van der Waals surface area contributed by atoms with Gasteiger partial charge >= 0.3 is 5.97 Å². The van der Waals surface area contributed by atoms with Gasteiger partial charge in [0.25, 0.3) is 0 Å². The molecule has 2 aromatic heterocycles. The Labute approximate surface area is 217 Å². The number of aryl methyl sites for hydroxylation is 2. The molecule has 1 amide bonds. The molecule has 1 aliphatic carbocycles. The first kappa shape index (κ1) is 24.3. The van der Waals surface area contributed by atoms with Gasteiger partial charge in [-0.3, -0.25) is 9.59 Å². The predicted molar refractivity (Wildman–Crippen MR) is 134 cm³/mol. The average molecular weight is 521 g/mol. The Hall–Kier alpha value is -4.08. The largest absolute Gasteiger partial charge is 0.462 e. The fourth-order valence-corrected chi connectivity index (χ4v) is 5.75. The number of esters is 1. The molecule has 1 aliphatic heterocycles. The van der Waals surface area contributed by atoms with Crippen LogP contribution in [0.1, 0.15) is 62.0 Å². The first-order valence-electron chi connectivity index (χ1n) is 12.6. The zero-order valence-electron chi connectivity index (χ0n) is 21.2. The standard InChI is InChI=1S/C28H26F2N4O4/c1-14-27(15(2)38-32-14)17-4-7-24-23(10-17)31-28(34(24)19-11-20(12-19)37-16(3)35)25-8-9-26(36)33(25)18-5-6-21(29)22(30)13-18/h4-7,10,13,19-20,25H,8-9,11-12H2,1-3H3/t19-,20-,25-/m0/s1. The van der Waals surface area contributed by atoms with Crippen molar-refractivity contribution in [3.63, 3.8) is 0 Å². The monoisotopic (exact) mass is 520 g/mol. The maximum Gasteiger partial charge on any atom is 0.302 e. The molecule has 6 rings (SSSR count). The third-order valence-corrected chi connectivity index (χ3v) is 7.50. The molecule has 2 aromatic carbocycles. The van der Waals surface area contributed by atoms with E-state index in [-0.39, 0.29) is 36.1 Å². The van der Waals surface area contributed by atoms with Gasteiger partial charge in [0, 0.05) is 49.5 Å². The van der Waals surface area contributed by atoms with Crippen molar-refractivity contribution >= 4 is 28.6 Å². The SMILES string of the molecule is CC(=O)O[C@H]1C[C@H](n2c([C@@H]3CCC(=O)N3c3ccc(F)c(F)c3)nc3cc(-c4c(C)noc4C)ccc32)C1.